The Morgan fingerprint density at radius 2 is 2.11 bits per heavy atom. The molecule has 0 spiro atoms. The first-order valence-corrected chi connectivity index (χ1v) is 9.43. The largest absolute Gasteiger partial charge is 0.345 e. The predicted molar refractivity (Wildman–Crippen MR) is 96.8 cm³/mol. The molecule has 0 aliphatic rings. The molecule has 0 unspecified atom stereocenters. The molecule has 0 aliphatic heterocycles. The number of halogens is 2. The number of benzene rings is 1. The Kier molecular flexibility index (Phi) is 5.08. The van der Waals surface area contributed by atoms with Gasteiger partial charge in [-0.2, -0.15) is 18.4 Å². The zero-order valence-electron chi connectivity index (χ0n) is 14.4. The molecule has 0 saturated carbocycles. The van der Waals surface area contributed by atoms with Gasteiger partial charge >= 0.3 is 0 Å². The van der Waals surface area contributed by atoms with Gasteiger partial charge in [-0.1, -0.05) is 6.92 Å². The van der Waals surface area contributed by atoms with E-state index >= 15 is 0 Å². The molecule has 0 aliphatic carbocycles. The van der Waals surface area contributed by atoms with Gasteiger partial charge in [0.05, 0.1) is 16.8 Å². The third-order valence-corrected chi connectivity index (χ3v) is 4.96. The fourth-order valence-corrected chi connectivity index (χ4v) is 3.50. The summed E-state index contributed by atoms with van der Waals surface area (Å²) in [6.07, 6.45) is 2.50. The lowest BCUT2D eigenvalue weighted by Crippen LogP contribution is -2.30. The minimum absolute atomic E-state index is 0.0491. The van der Waals surface area contributed by atoms with Crippen molar-refractivity contribution < 1.29 is 22.0 Å². The molecule has 11 heteroatoms. The van der Waals surface area contributed by atoms with Crippen LogP contribution in [0.5, 0.6) is 0 Å². The highest BCUT2D eigenvalue weighted by atomic mass is 32.2. The summed E-state index contributed by atoms with van der Waals surface area (Å²) in [5.74, 6) is -3.54. The van der Waals surface area contributed by atoms with Crippen molar-refractivity contribution >= 4 is 32.7 Å². The number of carbonyl (C=O) groups is 1. The lowest BCUT2D eigenvalue weighted by Gasteiger charge is -2.11. The summed E-state index contributed by atoms with van der Waals surface area (Å²) >= 11 is 0. The molecule has 8 nitrogen and oxygen atoms in total. The van der Waals surface area contributed by atoms with Crippen molar-refractivity contribution in [2.75, 3.05) is 11.3 Å². The number of hydrogen-bond donors (Lipinski definition) is 3. The van der Waals surface area contributed by atoms with Gasteiger partial charge in [-0.05, 0) is 18.2 Å². The van der Waals surface area contributed by atoms with Gasteiger partial charge in [-0.15, -0.1) is 0 Å². The molecule has 0 atom stereocenters. The number of ketones is 1. The number of rotatable bonds is 6. The number of fused-ring (bicyclic) bond motifs is 1. The van der Waals surface area contributed by atoms with Crippen LogP contribution in [0.3, 0.4) is 0 Å². The molecule has 2 aromatic heterocycles. The second kappa shape index (κ2) is 7.34. The molecule has 0 amide bonds. The first-order chi connectivity index (χ1) is 13.3. The van der Waals surface area contributed by atoms with Gasteiger partial charge in [0.2, 0.25) is 5.78 Å². The summed E-state index contributed by atoms with van der Waals surface area (Å²) in [6, 6.07) is 4.89. The molecule has 3 aromatic rings. The Balaban J connectivity index is 2.10. The smallest absolute Gasteiger partial charge is 0.299 e. The molecule has 0 radical (unpaired) electrons. The van der Waals surface area contributed by atoms with Gasteiger partial charge in [0.25, 0.3) is 10.2 Å². The lowest BCUT2D eigenvalue weighted by atomic mass is 10.0. The zero-order valence-corrected chi connectivity index (χ0v) is 15.2. The Bertz CT molecular complexity index is 1230. The highest BCUT2D eigenvalue weighted by Crippen LogP contribution is 2.27. The lowest BCUT2D eigenvalue weighted by molar-refractivity contribution is 0.103. The maximum Gasteiger partial charge on any atom is 0.299 e. The summed E-state index contributed by atoms with van der Waals surface area (Å²) in [6.45, 7) is 1.57. The minimum atomic E-state index is -4.09. The molecule has 3 N–H and O–H groups in total. The number of hydrogen-bond acceptors (Lipinski definition) is 5. The first kappa shape index (κ1) is 19.4. The number of pyridine rings is 1. The first-order valence-electron chi connectivity index (χ1n) is 7.94. The fourth-order valence-electron chi connectivity index (χ4n) is 2.60. The van der Waals surface area contributed by atoms with Crippen molar-refractivity contribution in [3.05, 3.63) is 58.9 Å². The van der Waals surface area contributed by atoms with E-state index in [2.05, 4.69) is 14.7 Å². The van der Waals surface area contributed by atoms with E-state index < -0.39 is 38.9 Å². The van der Waals surface area contributed by atoms with Gasteiger partial charge in [-0.25, -0.2) is 13.8 Å². The molecule has 0 bridgehead atoms. The third kappa shape index (κ3) is 3.55. The van der Waals surface area contributed by atoms with Gasteiger partial charge in [-0.3, -0.25) is 9.52 Å². The monoisotopic (exact) mass is 405 g/mol. The van der Waals surface area contributed by atoms with Crippen LogP contribution in [0.25, 0.3) is 11.0 Å². The van der Waals surface area contributed by atoms with Crippen LogP contribution in [0, 0.1) is 23.0 Å². The van der Waals surface area contributed by atoms with Gasteiger partial charge < -0.3 is 4.98 Å². The fraction of sp³-hybridized carbons (Fsp3) is 0.118. The Morgan fingerprint density at radius 1 is 1.36 bits per heavy atom. The molecular weight excluding hydrogens is 392 g/mol. The SMILES string of the molecule is CCNS(=O)(=O)Nc1ccc(F)c(C(=O)c2c[nH]c3ncc(C#N)cc23)c1F. The molecule has 0 saturated heterocycles. The van der Waals surface area contributed by atoms with Crippen LogP contribution in [-0.2, 0) is 10.2 Å². The van der Waals surface area contributed by atoms with Crippen molar-refractivity contribution in [1.29, 1.82) is 5.26 Å². The summed E-state index contributed by atoms with van der Waals surface area (Å²) in [7, 11) is -4.09. The molecule has 2 heterocycles. The van der Waals surface area contributed by atoms with Crippen molar-refractivity contribution in [2.45, 2.75) is 6.92 Å². The summed E-state index contributed by atoms with van der Waals surface area (Å²) in [5, 5.41) is 9.19. The zero-order chi connectivity index (χ0) is 20.5. The van der Waals surface area contributed by atoms with Gasteiger partial charge in [0.1, 0.15) is 17.5 Å². The predicted octanol–water partition coefficient (Wildman–Crippen LogP) is 2.21. The molecule has 1 aromatic carbocycles. The van der Waals surface area contributed by atoms with Crippen LogP contribution in [0.1, 0.15) is 28.4 Å². The van der Waals surface area contributed by atoms with Crippen molar-refractivity contribution in [3.8, 4) is 6.07 Å². The Labute approximate surface area is 158 Å². The van der Waals surface area contributed by atoms with E-state index in [9.17, 15) is 22.0 Å². The second-order valence-corrected chi connectivity index (χ2v) is 7.15. The average Bonchev–Trinajstić information content (AvgIpc) is 3.07. The third-order valence-electron chi connectivity index (χ3n) is 3.80. The van der Waals surface area contributed by atoms with E-state index in [0.717, 1.165) is 12.1 Å². The molecular formula is C17H13F2N5O3S. The summed E-state index contributed by atoms with van der Waals surface area (Å²) in [4.78, 5) is 19.5. The highest BCUT2D eigenvalue weighted by Gasteiger charge is 2.25. The van der Waals surface area contributed by atoms with E-state index in [4.69, 9.17) is 5.26 Å². The molecule has 0 fully saturated rings. The highest BCUT2D eigenvalue weighted by molar-refractivity contribution is 7.90. The van der Waals surface area contributed by atoms with Crippen molar-refractivity contribution in [1.82, 2.24) is 14.7 Å². The number of nitrogens with zero attached hydrogens (tertiary/aromatic N) is 2. The number of carbonyl (C=O) groups excluding carboxylic acids is 1. The van der Waals surface area contributed by atoms with Crippen LogP contribution in [0.4, 0.5) is 14.5 Å². The van der Waals surface area contributed by atoms with Crippen LogP contribution in [-0.4, -0.2) is 30.7 Å². The van der Waals surface area contributed by atoms with E-state index in [1.54, 1.807) is 0 Å². The van der Waals surface area contributed by atoms with E-state index in [1.165, 1.54) is 25.4 Å². The van der Waals surface area contributed by atoms with E-state index in [0.29, 0.717) is 0 Å². The van der Waals surface area contributed by atoms with Crippen molar-refractivity contribution in [2.24, 2.45) is 0 Å². The Hall–Kier alpha value is -3.36. The average molecular weight is 405 g/mol. The number of aromatic nitrogens is 2. The van der Waals surface area contributed by atoms with Crippen molar-refractivity contribution in [3.63, 3.8) is 0 Å². The Morgan fingerprint density at radius 3 is 2.79 bits per heavy atom. The van der Waals surface area contributed by atoms with Crippen LogP contribution < -0.4 is 9.44 Å². The van der Waals surface area contributed by atoms with E-state index in [-0.39, 0.29) is 28.7 Å². The quantitative estimate of drug-likeness (QED) is 0.542. The van der Waals surface area contributed by atoms with Crippen LogP contribution in [0.15, 0.2) is 30.6 Å². The summed E-state index contributed by atoms with van der Waals surface area (Å²) in [5.41, 5.74) is -1.20. The number of aromatic amines is 1. The van der Waals surface area contributed by atoms with Gasteiger partial charge in [0, 0.05) is 29.9 Å². The van der Waals surface area contributed by atoms with Crippen LogP contribution in [0.2, 0.25) is 0 Å². The number of H-pyrrole nitrogens is 1. The maximum absolute atomic E-state index is 14.8. The molecule has 144 valence electrons. The standard InChI is InChI=1S/C17H13F2N5O3S/c1-2-23-28(26,27)24-13-4-3-12(18)14(15(13)19)16(25)11-8-22-17-10(11)5-9(6-20)7-21-17/h3-5,7-8,23-24H,2H2,1H3,(H,21,22). The molecule has 28 heavy (non-hydrogen) atoms. The number of anilines is 1. The molecule has 3 rings (SSSR count). The van der Waals surface area contributed by atoms with Crippen LogP contribution >= 0.6 is 0 Å². The van der Waals surface area contributed by atoms with E-state index in [1.807, 2.05) is 10.8 Å². The number of nitriles is 1. The number of nitrogens with one attached hydrogen (secondary N) is 3. The normalized spacial score (nSPS) is 11.4. The van der Waals surface area contributed by atoms with Gasteiger partial charge in [0.15, 0.2) is 5.82 Å². The maximum atomic E-state index is 14.8. The summed E-state index contributed by atoms with van der Waals surface area (Å²) < 4.78 is 56.6. The topological polar surface area (TPSA) is 128 Å². The minimum Gasteiger partial charge on any atom is -0.345 e. The second-order valence-electron chi connectivity index (χ2n) is 5.65.